The van der Waals surface area contributed by atoms with E-state index in [2.05, 4.69) is 71.5 Å². The van der Waals surface area contributed by atoms with Gasteiger partial charge >= 0.3 is 7.12 Å². The Balaban J connectivity index is 1.45. The smallest absolute Gasteiger partial charge is 0.404 e. The fourth-order valence-electron chi connectivity index (χ4n) is 6.97. The molecular weight excluding hydrogens is 597 g/mol. The molecule has 230 valence electrons. The lowest BCUT2D eigenvalue weighted by Crippen LogP contribution is -2.65. The Kier molecular flexibility index (Phi) is 10.5. The van der Waals surface area contributed by atoms with Gasteiger partial charge in [-0.05, 0) is 79.9 Å². The average molecular weight is 644 g/mol. The second kappa shape index (κ2) is 13.5. The first kappa shape index (κ1) is 32.5. The third-order valence-electron chi connectivity index (χ3n) is 9.52. The summed E-state index contributed by atoms with van der Waals surface area (Å²) in [4.78, 5) is 30.6. The lowest BCUT2D eigenvalue weighted by Gasteiger charge is -2.64. The van der Waals surface area contributed by atoms with Gasteiger partial charge in [0, 0.05) is 24.1 Å². The van der Waals surface area contributed by atoms with Crippen LogP contribution in [0.4, 0.5) is 0 Å². The van der Waals surface area contributed by atoms with Gasteiger partial charge in [-0.1, -0.05) is 61.8 Å². The Morgan fingerprint density at radius 3 is 2.62 bits per heavy atom. The van der Waals surface area contributed by atoms with Crippen LogP contribution in [0.5, 0.6) is 0 Å². The number of hydrogen-bond acceptors (Lipinski definition) is 5. The number of guanidine groups is 1. The number of carbonyl (C=O) groups is 2. The van der Waals surface area contributed by atoms with Crippen molar-refractivity contribution in [3.05, 3.63) is 40.4 Å². The fourth-order valence-corrected chi connectivity index (χ4v) is 7.38. The van der Waals surface area contributed by atoms with E-state index >= 15 is 0 Å². The maximum Gasteiger partial charge on any atom is 0.481 e. The maximum atomic E-state index is 13.8. The summed E-state index contributed by atoms with van der Waals surface area (Å²) in [6.07, 6.45) is 7.08. The topological polar surface area (TPSA) is 127 Å². The van der Waals surface area contributed by atoms with Gasteiger partial charge in [0.25, 0.3) is 0 Å². The Morgan fingerprint density at radius 1 is 1.21 bits per heavy atom. The molecule has 6 atom stereocenters. The highest BCUT2D eigenvalue weighted by molar-refractivity contribution is 9.10. The summed E-state index contributed by atoms with van der Waals surface area (Å²) in [5.41, 5.74) is 6.50. The predicted octanol–water partition coefficient (Wildman–Crippen LogP) is 4.06. The molecule has 1 aromatic carbocycles. The number of hydrogen-bond donors (Lipinski definition) is 4. The van der Waals surface area contributed by atoms with Crippen molar-refractivity contribution < 1.29 is 18.9 Å². The number of nitrogens with one attached hydrogen (secondary N) is 3. The quantitative estimate of drug-likeness (QED) is 0.0895. The first-order chi connectivity index (χ1) is 19.8. The Labute approximate surface area is 259 Å². The molecule has 5 N–H and O–H groups in total. The molecule has 2 amide bonds. The number of rotatable bonds is 12. The summed E-state index contributed by atoms with van der Waals surface area (Å²) in [5, 5.41) is 9.14. The van der Waals surface area contributed by atoms with Gasteiger partial charge in [0.1, 0.15) is 6.04 Å². The summed E-state index contributed by atoms with van der Waals surface area (Å²) < 4.78 is 14.2. The van der Waals surface area contributed by atoms with Crippen LogP contribution >= 0.6 is 15.9 Å². The molecule has 4 aliphatic rings. The number of nitrogens with two attached hydrogens (primary N) is 1. The Hall–Kier alpha value is -2.37. The van der Waals surface area contributed by atoms with Crippen molar-refractivity contribution >= 4 is 46.9 Å². The number of halogens is 1. The highest BCUT2D eigenvalue weighted by Gasteiger charge is 2.68. The molecule has 1 heterocycles. The van der Waals surface area contributed by atoms with Gasteiger partial charge in [0.05, 0.1) is 17.6 Å². The second-order valence-electron chi connectivity index (χ2n) is 13.2. The summed E-state index contributed by atoms with van der Waals surface area (Å²) in [5.74, 6) is 0.787. The molecule has 11 heteroatoms. The fraction of sp³-hybridized carbons (Fsp3) is 0.645. The van der Waals surface area contributed by atoms with E-state index in [1.807, 2.05) is 24.3 Å². The number of aliphatic imine (C=N–C) groups is 1. The highest BCUT2D eigenvalue weighted by atomic mass is 79.9. The molecule has 0 spiro atoms. The van der Waals surface area contributed by atoms with Crippen LogP contribution in [0.15, 0.2) is 39.8 Å². The summed E-state index contributed by atoms with van der Waals surface area (Å²) in [7, 11) is 1.08. The molecule has 9 nitrogen and oxygen atoms in total. The average Bonchev–Trinajstić information content (AvgIpc) is 3.30. The normalized spacial score (nSPS) is 27.8. The van der Waals surface area contributed by atoms with E-state index in [9.17, 15) is 9.59 Å². The van der Waals surface area contributed by atoms with E-state index in [1.165, 1.54) is 12.5 Å². The van der Waals surface area contributed by atoms with E-state index < -0.39 is 13.2 Å². The zero-order chi connectivity index (χ0) is 30.7. The molecule has 0 aromatic heterocycles. The molecule has 2 bridgehead atoms. The van der Waals surface area contributed by atoms with Crippen LogP contribution < -0.4 is 21.7 Å². The van der Waals surface area contributed by atoms with Crippen LogP contribution in [-0.2, 0) is 18.9 Å². The predicted molar refractivity (Wildman–Crippen MR) is 171 cm³/mol. The van der Waals surface area contributed by atoms with Gasteiger partial charge in [-0.3, -0.25) is 14.6 Å². The van der Waals surface area contributed by atoms with Gasteiger partial charge in [-0.15, -0.1) is 0 Å². The minimum Gasteiger partial charge on any atom is -0.404 e. The third-order valence-corrected chi connectivity index (χ3v) is 10.2. The monoisotopic (exact) mass is 643 g/mol. The van der Waals surface area contributed by atoms with Crippen LogP contribution in [0.1, 0.15) is 72.3 Å². The van der Waals surface area contributed by atoms with E-state index in [1.54, 1.807) is 13.1 Å². The van der Waals surface area contributed by atoms with Crippen molar-refractivity contribution in [1.29, 1.82) is 0 Å². The van der Waals surface area contributed by atoms with Gasteiger partial charge in [0.2, 0.25) is 11.8 Å². The van der Waals surface area contributed by atoms with E-state index in [0.29, 0.717) is 49.5 Å². The van der Waals surface area contributed by atoms with Crippen molar-refractivity contribution in [1.82, 2.24) is 16.0 Å². The number of nitrogens with zero attached hydrogens (tertiary/aromatic N) is 1. The van der Waals surface area contributed by atoms with Gasteiger partial charge in [-0.2, -0.15) is 0 Å². The molecule has 1 aliphatic heterocycles. The van der Waals surface area contributed by atoms with Crippen molar-refractivity contribution in [3.63, 3.8) is 0 Å². The standard InChI is InChI=1S/C31H47BBrN5O4/c1-19(2)16-26(32-41-25-18-21-17-24(30(21,3)4)31(25,5)42-32)38-28(40)23(12-9-15-36-29(34)35-6)37-27(39)14-13-20-10-7-8-11-22(20)33/h7-8,10-11,13-14,19,21,23-26H,9,12,15-18H2,1-6H3,(H,37,39)(H,38,40)(H3,34,35,36)/b14-13+/t21-,23-,24-,25+,26-,31-/m0/s1. The number of amides is 2. The first-order valence-corrected chi connectivity index (χ1v) is 16.0. The lowest BCUT2D eigenvalue weighted by molar-refractivity contribution is -0.199. The van der Waals surface area contributed by atoms with Crippen molar-refractivity contribution in [2.45, 2.75) is 90.4 Å². The number of carbonyl (C=O) groups excluding carboxylic acids is 2. The largest absolute Gasteiger partial charge is 0.481 e. The van der Waals surface area contributed by atoms with Crippen molar-refractivity contribution in [2.75, 3.05) is 13.6 Å². The summed E-state index contributed by atoms with van der Waals surface area (Å²) in [6, 6.07) is 6.89. The van der Waals surface area contributed by atoms with Crippen LogP contribution in [0.3, 0.4) is 0 Å². The van der Waals surface area contributed by atoms with Crippen LogP contribution in [0.25, 0.3) is 6.08 Å². The zero-order valence-corrected chi connectivity index (χ0v) is 27.4. The lowest BCUT2D eigenvalue weighted by atomic mass is 9.43. The molecule has 42 heavy (non-hydrogen) atoms. The van der Waals surface area contributed by atoms with Crippen molar-refractivity contribution in [3.8, 4) is 0 Å². The summed E-state index contributed by atoms with van der Waals surface area (Å²) >= 11 is 3.50. The van der Waals surface area contributed by atoms with Gasteiger partial charge in [0.15, 0.2) is 5.96 Å². The zero-order valence-electron chi connectivity index (χ0n) is 25.8. The van der Waals surface area contributed by atoms with Crippen LogP contribution in [0.2, 0.25) is 0 Å². The molecule has 1 aromatic rings. The van der Waals surface area contributed by atoms with Crippen LogP contribution in [-0.4, -0.2) is 62.2 Å². The molecule has 3 aliphatic carbocycles. The highest BCUT2D eigenvalue weighted by Crippen LogP contribution is 2.65. The molecule has 4 fully saturated rings. The second-order valence-corrected chi connectivity index (χ2v) is 14.0. The molecule has 0 unspecified atom stereocenters. The summed E-state index contributed by atoms with van der Waals surface area (Å²) in [6.45, 7) is 11.6. The Bertz CT molecular complexity index is 1190. The van der Waals surface area contributed by atoms with E-state index in [0.717, 1.165) is 16.5 Å². The molecule has 5 rings (SSSR count). The molecular formula is C31H47BBrN5O4. The third kappa shape index (κ3) is 7.22. The molecule has 1 saturated heterocycles. The Morgan fingerprint density at radius 2 is 1.95 bits per heavy atom. The first-order valence-electron chi connectivity index (χ1n) is 15.2. The minimum absolute atomic E-state index is 0.0283. The van der Waals surface area contributed by atoms with Crippen LogP contribution in [0, 0.1) is 23.2 Å². The van der Waals surface area contributed by atoms with Crippen molar-refractivity contribution in [2.24, 2.45) is 33.9 Å². The van der Waals surface area contributed by atoms with Gasteiger partial charge < -0.3 is 31.0 Å². The SMILES string of the molecule is CN=C(N)NCCC[C@H](NC(=O)/C=C/c1ccccc1Br)C(=O)N[C@@H](CC(C)C)B1O[C@@H]2C[C@@H]3C[C@@H](C3(C)C)[C@]2(C)O1. The molecule has 3 saturated carbocycles. The minimum atomic E-state index is -0.747. The van der Waals surface area contributed by atoms with E-state index in [4.69, 9.17) is 15.0 Å². The number of benzene rings is 1. The van der Waals surface area contributed by atoms with E-state index in [-0.39, 0.29) is 34.9 Å². The maximum absolute atomic E-state index is 13.8. The van der Waals surface area contributed by atoms with Gasteiger partial charge in [-0.25, -0.2) is 0 Å². The molecule has 0 radical (unpaired) electrons.